The van der Waals surface area contributed by atoms with Crippen LogP contribution in [0, 0.1) is 0 Å². The summed E-state index contributed by atoms with van der Waals surface area (Å²) in [5, 5.41) is 0. The predicted molar refractivity (Wildman–Crippen MR) is 54.9 cm³/mol. The Balaban J connectivity index is 2.58. The second-order valence-electron chi connectivity index (χ2n) is 4.53. The fraction of sp³-hybridized carbons (Fsp3) is 0.545. The number of nitrogens with two attached hydrogens (primary N) is 1. The van der Waals surface area contributed by atoms with Crippen LogP contribution in [-0.4, -0.2) is 4.98 Å². The lowest BCUT2D eigenvalue weighted by Crippen LogP contribution is -2.34. The lowest BCUT2D eigenvalue weighted by Gasteiger charge is -2.40. The number of nitrogen functional groups attached to an aromatic ring is 1. The zero-order chi connectivity index (χ0) is 12.0. The van der Waals surface area contributed by atoms with Gasteiger partial charge in [0.15, 0.2) is 0 Å². The molecule has 5 heteroatoms. The van der Waals surface area contributed by atoms with Crippen LogP contribution in [0.25, 0.3) is 0 Å². The average Bonchev–Trinajstić information content (AvgIpc) is 2.12. The minimum absolute atomic E-state index is 0.0111. The van der Waals surface area contributed by atoms with Gasteiger partial charge in [0.2, 0.25) is 0 Å². The van der Waals surface area contributed by atoms with Gasteiger partial charge in [0, 0.05) is 11.8 Å². The second kappa shape index (κ2) is 3.37. The molecule has 0 spiro atoms. The molecule has 88 valence electrons. The van der Waals surface area contributed by atoms with E-state index >= 15 is 0 Å². The molecule has 1 aromatic heterocycles. The molecule has 0 bridgehead atoms. The average molecular weight is 230 g/mol. The maximum absolute atomic E-state index is 12.8. The summed E-state index contributed by atoms with van der Waals surface area (Å²) in [6.07, 6.45) is -0.811. The van der Waals surface area contributed by atoms with E-state index in [4.69, 9.17) is 5.73 Å². The van der Waals surface area contributed by atoms with E-state index in [1.807, 2.05) is 6.92 Å². The number of aromatic nitrogens is 1. The molecule has 1 aromatic rings. The summed E-state index contributed by atoms with van der Waals surface area (Å²) in [6.45, 7) is 1.82. The van der Waals surface area contributed by atoms with Crippen molar-refractivity contribution in [2.45, 2.75) is 37.8 Å². The van der Waals surface area contributed by atoms with Crippen LogP contribution in [0.1, 0.15) is 37.3 Å². The molecule has 1 fully saturated rings. The van der Waals surface area contributed by atoms with E-state index in [1.54, 1.807) is 0 Å². The first-order valence-electron chi connectivity index (χ1n) is 5.17. The van der Waals surface area contributed by atoms with Crippen molar-refractivity contribution in [1.29, 1.82) is 0 Å². The largest absolute Gasteiger partial charge is 0.416 e. The zero-order valence-corrected chi connectivity index (χ0v) is 8.93. The summed E-state index contributed by atoms with van der Waals surface area (Å²) >= 11 is 0. The fourth-order valence-corrected chi connectivity index (χ4v) is 2.31. The van der Waals surface area contributed by atoms with Crippen molar-refractivity contribution in [3.63, 3.8) is 0 Å². The van der Waals surface area contributed by atoms with Crippen molar-refractivity contribution in [1.82, 2.24) is 4.98 Å². The Morgan fingerprint density at radius 1 is 1.38 bits per heavy atom. The summed E-state index contributed by atoms with van der Waals surface area (Å²) < 4.78 is 38.5. The van der Waals surface area contributed by atoms with Crippen molar-refractivity contribution >= 4 is 5.82 Å². The molecule has 0 radical (unpaired) electrons. The van der Waals surface area contributed by atoms with Crippen LogP contribution < -0.4 is 5.73 Å². The van der Waals surface area contributed by atoms with Crippen molar-refractivity contribution in [2.75, 3.05) is 5.73 Å². The van der Waals surface area contributed by atoms with Gasteiger partial charge < -0.3 is 5.73 Å². The number of hydrogen-bond donors (Lipinski definition) is 1. The van der Waals surface area contributed by atoms with Crippen LogP contribution in [-0.2, 0) is 11.6 Å². The molecule has 2 nitrogen and oxygen atoms in total. The number of pyridine rings is 1. The van der Waals surface area contributed by atoms with Gasteiger partial charge in [0.05, 0.1) is 5.56 Å². The van der Waals surface area contributed by atoms with Gasteiger partial charge in [-0.1, -0.05) is 13.3 Å². The van der Waals surface area contributed by atoms with Gasteiger partial charge in [-0.25, -0.2) is 4.98 Å². The summed E-state index contributed by atoms with van der Waals surface area (Å²) in [5.74, 6) is 0.0111. The first-order valence-corrected chi connectivity index (χ1v) is 5.17. The second-order valence-corrected chi connectivity index (χ2v) is 4.53. The van der Waals surface area contributed by atoms with Gasteiger partial charge in [-0.15, -0.1) is 0 Å². The molecule has 0 unspecified atom stereocenters. The lowest BCUT2D eigenvalue weighted by atomic mass is 9.65. The van der Waals surface area contributed by atoms with Crippen molar-refractivity contribution in [3.05, 3.63) is 23.4 Å². The summed E-state index contributed by atoms with van der Waals surface area (Å²) in [7, 11) is 0. The molecule has 0 atom stereocenters. The molecule has 0 amide bonds. The molecule has 2 N–H and O–H groups in total. The van der Waals surface area contributed by atoms with Crippen LogP contribution in [0.3, 0.4) is 0 Å². The molecular formula is C11H13F3N2. The molecule has 2 rings (SSSR count). The normalized spacial score (nSPS) is 19.2. The van der Waals surface area contributed by atoms with E-state index in [9.17, 15) is 13.2 Å². The van der Waals surface area contributed by atoms with E-state index in [0.717, 1.165) is 31.5 Å². The van der Waals surface area contributed by atoms with E-state index in [0.29, 0.717) is 0 Å². The van der Waals surface area contributed by atoms with Gasteiger partial charge in [-0.3, -0.25) is 0 Å². The smallest absolute Gasteiger partial charge is 0.383 e. The Morgan fingerprint density at radius 2 is 2.00 bits per heavy atom. The number of nitrogens with zero attached hydrogens (tertiary/aromatic N) is 1. The molecule has 1 heterocycles. The van der Waals surface area contributed by atoms with Crippen molar-refractivity contribution in [3.8, 4) is 0 Å². The van der Waals surface area contributed by atoms with Gasteiger partial charge >= 0.3 is 6.18 Å². The summed E-state index contributed by atoms with van der Waals surface area (Å²) in [5.41, 5.74) is 4.69. The first kappa shape index (κ1) is 11.2. The van der Waals surface area contributed by atoms with Gasteiger partial charge in [0.25, 0.3) is 0 Å². The SMILES string of the molecule is CC1(c2c(C(F)(F)F)ccnc2N)CCC1. The Labute approximate surface area is 91.7 Å². The number of anilines is 1. The standard InChI is InChI=1S/C11H13F3N2/c1-10(4-2-5-10)8-7(11(12,13)14)3-6-16-9(8)15/h3,6H,2,4-5H2,1H3,(H2,15,16). The van der Waals surface area contributed by atoms with Gasteiger partial charge in [-0.05, 0) is 24.3 Å². The molecule has 1 saturated carbocycles. The van der Waals surface area contributed by atoms with E-state index in [-0.39, 0.29) is 11.4 Å². The third-order valence-electron chi connectivity index (χ3n) is 3.35. The topological polar surface area (TPSA) is 38.9 Å². The lowest BCUT2D eigenvalue weighted by molar-refractivity contribution is -0.139. The van der Waals surface area contributed by atoms with Crippen molar-refractivity contribution < 1.29 is 13.2 Å². The summed E-state index contributed by atoms with van der Waals surface area (Å²) in [4.78, 5) is 3.78. The highest BCUT2D eigenvalue weighted by atomic mass is 19.4. The first-order chi connectivity index (χ1) is 7.34. The van der Waals surface area contributed by atoms with Gasteiger partial charge in [0.1, 0.15) is 5.82 Å². The molecule has 0 aliphatic heterocycles. The van der Waals surface area contributed by atoms with Crippen LogP contribution >= 0.6 is 0 Å². The maximum Gasteiger partial charge on any atom is 0.416 e. The zero-order valence-electron chi connectivity index (χ0n) is 8.93. The number of rotatable bonds is 1. The van der Waals surface area contributed by atoms with Crippen LogP contribution in [0.2, 0.25) is 0 Å². The van der Waals surface area contributed by atoms with E-state index in [1.165, 1.54) is 0 Å². The Hall–Kier alpha value is -1.26. The van der Waals surface area contributed by atoms with E-state index < -0.39 is 17.2 Å². The summed E-state index contributed by atoms with van der Waals surface area (Å²) in [6, 6.07) is 1.01. The third kappa shape index (κ3) is 1.64. The highest BCUT2D eigenvalue weighted by molar-refractivity contribution is 5.51. The minimum atomic E-state index is -4.36. The van der Waals surface area contributed by atoms with Crippen molar-refractivity contribution in [2.24, 2.45) is 0 Å². The quantitative estimate of drug-likeness (QED) is 0.805. The maximum atomic E-state index is 12.8. The number of hydrogen-bond acceptors (Lipinski definition) is 2. The molecule has 16 heavy (non-hydrogen) atoms. The van der Waals surface area contributed by atoms with Crippen LogP contribution in [0.5, 0.6) is 0 Å². The molecule has 1 aliphatic carbocycles. The number of halogens is 3. The van der Waals surface area contributed by atoms with Crippen LogP contribution in [0.15, 0.2) is 12.3 Å². The highest BCUT2D eigenvalue weighted by Crippen LogP contribution is 2.49. The third-order valence-corrected chi connectivity index (χ3v) is 3.35. The molecule has 0 aromatic carbocycles. The predicted octanol–water partition coefficient (Wildman–Crippen LogP) is 3.12. The highest BCUT2D eigenvalue weighted by Gasteiger charge is 2.43. The minimum Gasteiger partial charge on any atom is -0.383 e. The monoisotopic (exact) mass is 230 g/mol. The fourth-order valence-electron chi connectivity index (χ4n) is 2.31. The Bertz CT molecular complexity index is 408. The number of alkyl halides is 3. The molecule has 1 aliphatic rings. The molecular weight excluding hydrogens is 217 g/mol. The Morgan fingerprint density at radius 3 is 2.44 bits per heavy atom. The van der Waals surface area contributed by atoms with E-state index in [2.05, 4.69) is 4.98 Å². The molecule has 0 saturated heterocycles. The Kier molecular flexibility index (Phi) is 2.36. The van der Waals surface area contributed by atoms with Crippen LogP contribution in [0.4, 0.5) is 19.0 Å². The van der Waals surface area contributed by atoms with Gasteiger partial charge in [-0.2, -0.15) is 13.2 Å².